The molecule has 1 unspecified atom stereocenters. The van der Waals surface area contributed by atoms with Crippen LogP contribution in [0.15, 0.2) is 6.07 Å². The van der Waals surface area contributed by atoms with E-state index < -0.39 is 0 Å². The van der Waals surface area contributed by atoms with Crippen LogP contribution in [0.3, 0.4) is 0 Å². The fourth-order valence-electron chi connectivity index (χ4n) is 1.37. The zero-order chi connectivity index (χ0) is 12.7. The molecule has 0 saturated carbocycles. The lowest BCUT2D eigenvalue weighted by Crippen LogP contribution is -2.21. The summed E-state index contributed by atoms with van der Waals surface area (Å²) >= 11 is 15.2. The number of rotatable bonds is 8. The Morgan fingerprint density at radius 2 is 2.24 bits per heavy atom. The summed E-state index contributed by atoms with van der Waals surface area (Å²) < 4.78 is 1.50. The smallest absolute Gasteiger partial charge is 0.0991 e. The average Bonchev–Trinajstić information content (AvgIpc) is 2.62. The molecule has 0 aromatic carbocycles. The van der Waals surface area contributed by atoms with Crippen LogP contribution in [0, 0.1) is 0 Å². The summed E-state index contributed by atoms with van der Waals surface area (Å²) in [4.78, 5) is 0. The fourth-order valence-corrected chi connectivity index (χ4v) is 3.82. The van der Waals surface area contributed by atoms with Gasteiger partial charge in [-0.25, -0.2) is 0 Å². The largest absolute Gasteiger partial charge is 0.396 e. The van der Waals surface area contributed by atoms with Gasteiger partial charge in [0, 0.05) is 24.9 Å². The summed E-state index contributed by atoms with van der Waals surface area (Å²) in [5.74, 6) is 2.05. The highest BCUT2D eigenvalue weighted by Gasteiger charge is 2.12. The second kappa shape index (κ2) is 8.62. The number of nitrogens with one attached hydrogen (secondary N) is 1. The van der Waals surface area contributed by atoms with E-state index >= 15 is 0 Å². The molecule has 1 aromatic rings. The average molecular weight is 314 g/mol. The molecule has 2 N–H and O–H groups in total. The quantitative estimate of drug-likeness (QED) is 0.716. The lowest BCUT2D eigenvalue weighted by atomic mass is 10.2. The first-order chi connectivity index (χ1) is 8.15. The third kappa shape index (κ3) is 5.81. The highest BCUT2D eigenvalue weighted by molar-refractivity contribution is 7.99. The van der Waals surface area contributed by atoms with Gasteiger partial charge in [0.2, 0.25) is 0 Å². The van der Waals surface area contributed by atoms with Crippen LogP contribution in [0.2, 0.25) is 8.67 Å². The van der Waals surface area contributed by atoms with E-state index in [4.69, 9.17) is 28.3 Å². The van der Waals surface area contributed by atoms with Gasteiger partial charge in [-0.3, -0.25) is 0 Å². The number of aliphatic hydroxyl groups excluding tert-OH is 1. The van der Waals surface area contributed by atoms with Crippen LogP contribution < -0.4 is 5.32 Å². The molecule has 1 heterocycles. The molecule has 0 amide bonds. The molecule has 1 aromatic heterocycles. The molecular weight excluding hydrogens is 297 g/mol. The maximum Gasteiger partial charge on any atom is 0.0991 e. The van der Waals surface area contributed by atoms with Gasteiger partial charge in [-0.1, -0.05) is 23.2 Å². The third-order valence-corrected chi connectivity index (χ3v) is 4.88. The number of thioether (sulfide) groups is 1. The number of hydrogen-bond donors (Lipinski definition) is 2. The minimum Gasteiger partial charge on any atom is -0.396 e. The van der Waals surface area contributed by atoms with Gasteiger partial charge in [0.05, 0.1) is 8.67 Å². The maximum absolute atomic E-state index is 8.64. The van der Waals surface area contributed by atoms with Crippen molar-refractivity contribution < 1.29 is 5.11 Å². The molecule has 6 heteroatoms. The van der Waals surface area contributed by atoms with E-state index in [-0.39, 0.29) is 12.6 Å². The normalized spacial score (nSPS) is 12.9. The van der Waals surface area contributed by atoms with Crippen LogP contribution in [-0.4, -0.2) is 29.8 Å². The van der Waals surface area contributed by atoms with Crippen molar-refractivity contribution in [2.75, 3.05) is 24.7 Å². The van der Waals surface area contributed by atoms with E-state index in [0.717, 1.165) is 38.7 Å². The Morgan fingerprint density at radius 1 is 1.47 bits per heavy atom. The topological polar surface area (TPSA) is 32.3 Å². The molecule has 0 spiro atoms. The number of hydrogen-bond acceptors (Lipinski definition) is 4. The van der Waals surface area contributed by atoms with Crippen molar-refractivity contribution in [3.05, 3.63) is 20.3 Å². The molecule has 0 aliphatic carbocycles. The predicted octanol–water partition coefficient (Wildman–Crippen LogP) is 3.82. The van der Waals surface area contributed by atoms with E-state index in [0.29, 0.717) is 0 Å². The Balaban J connectivity index is 2.21. The summed E-state index contributed by atoms with van der Waals surface area (Å²) in [6.07, 6.45) is 0.867. The Hall–Kier alpha value is 0.550. The Kier molecular flexibility index (Phi) is 7.91. The molecule has 0 aliphatic rings. The van der Waals surface area contributed by atoms with Crippen LogP contribution in [-0.2, 0) is 0 Å². The number of aliphatic hydroxyl groups is 1. The molecule has 0 radical (unpaired) electrons. The van der Waals surface area contributed by atoms with E-state index in [2.05, 4.69) is 12.2 Å². The van der Waals surface area contributed by atoms with Crippen molar-refractivity contribution in [1.82, 2.24) is 5.32 Å². The predicted molar refractivity (Wildman–Crippen MR) is 79.8 cm³/mol. The van der Waals surface area contributed by atoms with E-state index in [1.165, 1.54) is 11.3 Å². The summed E-state index contributed by atoms with van der Waals surface area (Å²) in [6, 6.07) is 2.15. The van der Waals surface area contributed by atoms with Gasteiger partial charge in [0.25, 0.3) is 0 Å². The van der Waals surface area contributed by atoms with Gasteiger partial charge in [-0.2, -0.15) is 11.8 Å². The fraction of sp³-hybridized carbons (Fsp3) is 0.636. The lowest BCUT2D eigenvalue weighted by Gasteiger charge is -2.12. The van der Waals surface area contributed by atoms with E-state index in [9.17, 15) is 0 Å². The van der Waals surface area contributed by atoms with Crippen LogP contribution in [0.1, 0.15) is 24.9 Å². The maximum atomic E-state index is 8.64. The van der Waals surface area contributed by atoms with Crippen molar-refractivity contribution in [3.8, 4) is 0 Å². The first kappa shape index (κ1) is 15.6. The summed E-state index contributed by atoms with van der Waals surface area (Å²) in [5, 5.41) is 12.0. The molecule has 0 fully saturated rings. The van der Waals surface area contributed by atoms with Gasteiger partial charge in [0.15, 0.2) is 0 Å². The van der Waals surface area contributed by atoms with Crippen molar-refractivity contribution in [2.24, 2.45) is 0 Å². The van der Waals surface area contributed by atoms with Crippen molar-refractivity contribution in [1.29, 1.82) is 0 Å². The van der Waals surface area contributed by atoms with E-state index in [1.807, 2.05) is 17.8 Å². The highest BCUT2D eigenvalue weighted by atomic mass is 35.5. The third-order valence-electron chi connectivity index (χ3n) is 2.29. The molecule has 0 aliphatic heterocycles. The summed E-state index contributed by atoms with van der Waals surface area (Å²) in [7, 11) is 0. The van der Waals surface area contributed by atoms with E-state index in [1.54, 1.807) is 0 Å². The van der Waals surface area contributed by atoms with Crippen LogP contribution >= 0.6 is 46.3 Å². The Bertz CT molecular complexity index is 333. The number of halogens is 2. The monoisotopic (exact) mass is 313 g/mol. The van der Waals surface area contributed by atoms with Gasteiger partial charge in [-0.15, -0.1) is 11.3 Å². The van der Waals surface area contributed by atoms with Gasteiger partial charge >= 0.3 is 0 Å². The second-order valence-electron chi connectivity index (χ2n) is 3.64. The molecule has 17 heavy (non-hydrogen) atoms. The number of thiophene rings is 1. The SMILES string of the molecule is CC(NCCSCCCO)c1cc(Cl)sc1Cl. The van der Waals surface area contributed by atoms with Gasteiger partial charge < -0.3 is 10.4 Å². The van der Waals surface area contributed by atoms with Crippen LogP contribution in [0.5, 0.6) is 0 Å². The van der Waals surface area contributed by atoms with Gasteiger partial charge in [-0.05, 0) is 30.7 Å². The molecule has 0 saturated heterocycles. The van der Waals surface area contributed by atoms with Crippen molar-refractivity contribution in [2.45, 2.75) is 19.4 Å². The minimum absolute atomic E-state index is 0.227. The van der Waals surface area contributed by atoms with Gasteiger partial charge in [0.1, 0.15) is 0 Å². The second-order valence-corrected chi connectivity index (χ2v) is 7.16. The van der Waals surface area contributed by atoms with Crippen molar-refractivity contribution >= 4 is 46.3 Å². The first-order valence-electron chi connectivity index (χ1n) is 5.52. The zero-order valence-corrected chi connectivity index (χ0v) is 12.9. The Morgan fingerprint density at radius 3 is 2.82 bits per heavy atom. The summed E-state index contributed by atoms with van der Waals surface area (Å²) in [5.41, 5.74) is 1.07. The molecule has 2 nitrogen and oxygen atoms in total. The van der Waals surface area contributed by atoms with Crippen LogP contribution in [0.25, 0.3) is 0 Å². The molecule has 1 rings (SSSR count). The molecule has 1 atom stereocenters. The molecule has 98 valence electrons. The minimum atomic E-state index is 0.227. The lowest BCUT2D eigenvalue weighted by molar-refractivity contribution is 0.296. The summed E-state index contributed by atoms with van der Waals surface area (Å²) in [6.45, 7) is 3.30. The molecular formula is C11H17Cl2NOS2. The first-order valence-corrected chi connectivity index (χ1v) is 8.24. The highest BCUT2D eigenvalue weighted by Crippen LogP contribution is 2.34. The Labute approximate surface area is 121 Å². The standard InChI is InChI=1S/C11H17Cl2NOS2/c1-8(9-7-10(12)17-11(9)13)14-3-6-16-5-2-4-15/h7-8,14-15H,2-6H2,1H3. The molecule has 0 bridgehead atoms. The van der Waals surface area contributed by atoms with Crippen LogP contribution in [0.4, 0.5) is 0 Å². The van der Waals surface area contributed by atoms with Crippen molar-refractivity contribution in [3.63, 3.8) is 0 Å². The zero-order valence-electron chi connectivity index (χ0n) is 9.71.